The van der Waals surface area contributed by atoms with Gasteiger partial charge in [0, 0.05) is 12.0 Å². The molecule has 0 atom stereocenters. The second-order valence-corrected chi connectivity index (χ2v) is 3.12. The normalized spacial score (nSPS) is 10.4. The van der Waals surface area contributed by atoms with E-state index < -0.39 is 5.97 Å². The highest BCUT2D eigenvalue weighted by atomic mass is 16.5. The van der Waals surface area contributed by atoms with Gasteiger partial charge in [0.2, 0.25) is 5.88 Å². The maximum absolute atomic E-state index is 10.4. The average Bonchev–Trinajstić information content (AvgIpc) is 2.46. The number of carbonyl (C=O) groups is 1. The Morgan fingerprint density at radius 1 is 1.57 bits per heavy atom. The Balaban J connectivity index is 2.70. The van der Waals surface area contributed by atoms with Gasteiger partial charge < -0.3 is 15.4 Å². The van der Waals surface area contributed by atoms with E-state index in [2.05, 4.69) is 5.16 Å². The van der Waals surface area contributed by atoms with Crippen LogP contribution in [-0.4, -0.2) is 16.2 Å². The largest absolute Gasteiger partial charge is 0.481 e. The van der Waals surface area contributed by atoms with Crippen molar-refractivity contribution in [1.82, 2.24) is 5.16 Å². The van der Waals surface area contributed by atoms with Crippen LogP contribution in [0.15, 0.2) is 4.52 Å². The van der Waals surface area contributed by atoms with E-state index in [9.17, 15) is 4.79 Å². The maximum Gasteiger partial charge on any atom is 0.303 e. The summed E-state index contributed by atoms with van der Waals surface area (Å²) in [5.74, 6) is -0.527. The zero-order valence-corrected chi connectivity index (χ0v) is 8.12. The molecule has 0 aromatic carbocycles. The first-order valence-corrected chi connectivity index (χ1v) is 4.59. The molecule has 1 aromatic heterocycles. The van der Waals surface area contributed by atoms with Crippen LogP contribution < -0.4 is 5.73 Å². The van der Waals surface area contributed by atoms with E-state index in [1.54, 1.807) is 0 Å². The SMILES string of the molecule is CCCc1c(CCC(=O)O)noc1N. The Morgan fingerprint density at radius 2 is 2.29 bits per heavy atom. The van der Waals surface area contributed by atoms with Crippen molar-refractivity contribution in [2.75, 3.05) is 5.73 Å². The van der Waals surface area contributed by atoms with E-state index >= 15 is 0 Å². The lowest BCUT2D eigenvalue weighted by Crippen LogP contribution is -2.00. The number of rotatable bonds is 5. The highest BCUT2D eigenvalue weighted by molar-refractivity contribution is 5.67. The molecule has 5 nitrogen and oxygen atoms in total. The van der Waals surface area contributed by atoms with Crippen molar-refractivity contribution in [1.29, 1.82) is 0 Å². The quantitative estimate of drug-likeness (QED) is 0.742. The van der Waals surface area contributed by atoms with Gasteiger partial charge in [-0.2, -0.15) is 0 Å². The number of hydrogen-bond donors (Lipinski definition) is 2. The average molecular weight is 198 g/mol. The molecule has 3 N–H and O–H groups in total. The third-order valence-electron chi connectivity index (χ3n) is 1.98. The number of aromatic nitrogens is 1. The first kappa shape index (κ1) is 10.6. The molecule has 0 aliphatic heterocycles. The van der Waals surface area contributed by atoms with Crippen molar-refractivity contribution in [3.63, 3.8) is 0 Å². The molecule has 0 amide bonds. The molecule has 1 aromatic rings. The van der Waals surface area contributed by atoms with E-state index in [-0.39, 0.29) is 6.42 Å². The number of nitrogens with two attached hydrogens (primary N) is 1. The van der Waals surface area contributed by atoms with Crippen LogP contribution in [0.25, 0.3) is 0 Å². The number of aliphatic carboxylic acids is 1. The molecule has 14 heavy (non-hydrogen) atoms. The summed E-state index contributed by atoms with van der Waals surface area (Å²) in [6.07, 6.45) is 2.16. The number of nitrogen functional groups attached to an aromatic ring is 1. The second-order valence-electron chi connectivity index (χ2n) is 3.12. The van der Waals surface area contributed by atoms with Crippen LogP contribution in [0.2, 0.25) is 0 Å². The van der Waals surface area contributed by atoms with E-state index in [4.69, 9.17) is 15.4 Å². The lowest BCUT2D eigenvalue weighted by atomic mass is 10.1. The smallest absolute Gasteiger partial charge is 0.303 e. The van der Waals surface area contributed by atoms with E-state index in [1.165, 1.54) is 0 Å². The van der Waals surface area contributed by atoms with Crippen LogP contribution in [0.4, 0.5) is 5.88 Å². The van der Waals surface area contributed by atoms with Gasteiger partial charge in [-0.05, 0) is 6.42 Å². The summed E-state index contributed by atoms with van der Waals surface area (Å²) >= 11 is 0. The van der Waals surface area contributed by atoms with Crippen LogP contribution in [0.1, 0.15) is 31.0 Å². The van der Waals surface area contributed by atoms with Crippen molar-refractivity contribution in [3.8, 4) is 0 Å². The van der Waals surface area contributed by atoms with Crippen molar-refractivity contribution in [3.05, 3.63) is 11.3 Å². The predicted molar refractivity (Wildman–Crippen MR) is 50.9 cm³/mol. The molecule has 0 fully saturated rings. The minimum atomic E-state index is -0.839. The molecular formula is C9H14N2O3. The Hall–Kier alpha value is -1.52. The number of carboxylic acid groups (broad SMARTS) is 1. The van der Waals surface area contributed by atoms with E-state index in [0.717, 1.165) is 18.4 Å². The van der Waals surface area contributed by atoms with Crippen molar-refractivity contribution >= 4 is 11.9 Å². The van der Waals surface area contributed by atoms with Gasteiger partial charge in [-0.15, -0.1) is 0 Å². The predicted octanol–water partition coefficient (Wildman–Crippen LogP) is 1.23. The third kappa shape index (κ3) is 2.48. The van der Waals surface area contributed by atoms with Crippen LogP contribution in [0, 0.1) is 0 Å². The first-order valence-electron chi connectivity index (χ1n) is 4.59. The molecule has 0 saturated heterocycles. The molecule has 5 heteroatoms. The summed E-state index contributed by atoms with van der Waals surface area (Å²) in [6, 6.07) is 0. The van der Waals surface area contributed by atoms with Gasteiger partial charge in [-0.1, -0.05) is 18.5 Å². The molecular weight excluding hydrogens is 184 g/mol. The highest BCUT2D eigenvalue weighted by Gasteiger charge is 2.13. The van der Waals surface area contributed by atoms with E-state index in [1.807, 2.05) is 6.92 Å². The molecule has 0 radical (unpaired) electrons. The lowest BCUT2D eigenvalue weighted by Gasteiger charge is -1.97. The van der Waals surface area contributed by atoms with Gasteiger partial charge in [0.15, 0.2) is 0 Å². The van der Waals surface area contributed by atoms with Gasteiger partial charge in [-0.3, -0.25) is 4.79 Å². The number of anilines is 1. The van der Waals surface area contributed by atoms with E-state index in [0.29, 0.717) is 18.0 Å². The maximum atomic E-state index is 10.4. The van der Waals surface area contributed by atoms with Gasteiger partial charge in [0.1, 0.15) is 0 Å². The highest BCUT2D eigenvalue weighted by Crippen LogP contribution is 2.19. The van der Waals surface area contributed by atoms with Crippen molar-refractivity contribution in [2.45, 2.75) is 32.6 Å². The number of aryl methyl sites for hydroxylation is 1. The zero-order valence-electron chi connectivity index (χ0n) is 8.12. The van der Waals surface area contributed by atoms with Crippen LogP contribution in [-0.2, 0) is 17.6 Å². The minimum Gasteiger partial charge on any atom is -0.481 e. The topological polar surface area (TPSA) is 89.3 Å². The van der Waals surface area contributed by atoms with Gasteiger partial charge in [0.25, 0.3) is 0 Å². The Labute approximate surface area is 81.9 Å². The molecule has 0 unspecified atom stereocenters. The summed E-state index contributed by atoms with van der Waals surface area (Å²) in [7, 11) is 0. The molecule has 0 aliphatic rings. The molecule has 0 aliphatic carbocycles. The van der Waals surface area contributed by atoms with Gasteiger partial charge in [-0.25, -0.2) is 0 Å². The van der Waals surface area contributed by atoms with Crippen molar-refractivity contribution < 1.29 is 14.4 Å². The van der Waals surface area contributed by atoms with Gasteiger partial charge >= 0.3 is 5.97 Å². The number of nitrogens with zero attached hydrogens (tertiary/aromatic N) is 1. The fourth-order valence-corrected chi connectivity index (χ4v) is 1.30. The fourth-order valence-electron chi connectivity index (χ4n) is 1.30. The van der Waals surface area contributed by atoms with Crippen LogP contribution in [0.5, 0.6) is 0 Å². The Bertz CT molecular complexity index is 320. The monoisotopic (exact) mass is 198 g/mol. The minimum absolute atomic E-state index is 0.0582. The first-order chi connectivity index (χ1) is 6.65. The summed E-state index contributed by atoms with van der Waals surface area (Å²) in [6.45, 7) is 2.02. The van der Waals surface area contributed by atoms with Crippen LogP contribution in [0.3, 0.4) is 0 Å². The lowest BCUT2D eigenvalue weighted by molar-refractivity contribution is -0.136. The summed E-state index contributed by atoms with van der Waals surface area (Å²) in [5.41, 5.74) is 7.09. The number of carboxylic acids is 1. The third-order valence-corrected chi connectivity index (χ3v) is 1.98. The summed E-state index contributed by atoms with van der Waals surface area (Å²) in [4.78, 5) is 10.4. The Morgan fingerprint density at radius 3 is 2.86 bits per heavy atom. The molecule has 0 saturated carbocycles. The Kier molecular flexibility index (Phi) is 3.50. The summed E-state index contributed by atoms with van der Waals surface area (Å²) < 4.78 is 4.82. The van der Waals surface area contributed by atoms with Crippen molar-refractivity contribution in [2.24, 2.45) is 0 Å². The fraction of sp³-hybridized carbons (Fsp3) is 0.556. The molecule has 1 rings (SSSR count). The molecule has 0 bridgehead atoms. The number of hydrogen-bond acceptors (Lipinski definition) is 4. The molecule has 1 heterocycles. The standard InChI is InChI=1S/C9H14N2O3/c1-2-3-6-7(4-5-8(12)13)11-14-9(6)10/h2-5,10H2,1H3,(H,12,13). The zero-order chi connectivity index (χ0) is 10.6. The summed E-state index contributed by atoms with van der Waals surface area (Å²) in [5, 5.41) is 12.3. The molecule has 0 spiro atoms. The van der Waals surface area contributed by atoms with Gasteiger partial charge in [0.05, 0.1) is 12.1 Å². The second kappa shape index (κ2) is 4.64. The van der Waals surface area contributed by atoms with Crippen LogP contribution >= 0.6 is 0 Å². The molecule has 78 valence electrons.